The average Bonchev–Trinajstić information content (AvgIpc) is 2.36. The summed E-state index contributed by atoms with van der Waals surface area (Å²) in [5.74, 6) is -3.09. The first-order valence-corrected chi connectivity index (χ1v) is 5.40. The molecule has 0 amide bonds. The Kier molecular flexibility index (Phi) is 3.41. The topological polar surface area (TPSA) is 62.2 Å². The first-order valence-electron chi connectivity index (χ1n) is 5.40. The van der Waals surface area contributed by atoms with Gasteiger partial charge in [-0.25, -0.2) is 18.6 Å². The van der Waals surface area contributed by atoms with Crippen LogP contribution in [0.5, 0.6) is 0 Å². The van der Waals surface area contributed by atoms with Gasteiger partial charge in [0.15, 0.2) is 11.6 Å². The lowest BCUT2D eigenvalue weighted by molar-refractivity contribution is 0.0692. The Labute approximate surface area is 107 Å². The van der Waals surface area contributed by atoms with Crippen LogP contribution >= 0.6 is 0 Å². The number of hydrogen-bond donors (Lipinski definition) is 2. The molecule has 2 aromatic rings. The van der Waals surface area contributed by atoms with Crippen LogP contribution in [-0.2, 0) is 0 Å². The lowest BCUT2D eigenvalue weighted by atomic mass is 10.2. The minimum Gasteiger partial charge on any atom is -0.478 e. The summed E-state index contributed by atoms with van der Waals surface area (Å²) < 4.78 is 27.1. The molecule has 0 spiro atoms. The molecule has 0 bridgehead atoms. The maximum absolute atomic E-state index is 13.8. The molecule has 1 aromatic heterocycles. The quantitative estimate of drug-likeness (QED) is 0.894. The number of rotatable bonds is 3. The van der Waals surface area contributed by atoms with Gasteiger partial charge in [-0.05, 0) is 30.7 Å². The van der Waals surface area contributed by atoms with E-state index in [0.29, 0.717) is 5.56 Å². The van der Waals surface area contributed by atoms with Crippen molar-refractivity contribution in [3.8, 4) is 0 Å². The smallest absolute Gasteiger partial charge is 0.338 e. The van der Waals surface area contributed by atoms with E-state index in [2.05, 4.69) is 10.3 Å². The third-order valence-corrected chi connectivity index (χ3v) is 2.55. The van der Waals surface area contributed by atoms with Gasteiger partial charge in [-0.3, -0.25) is 0 Å². The molecule has 0 saturated heterocycles. The number of aryl methyl sites for hydroxylation is 1. The van der Waals surface area contributed by atoms with Gasteiger partial charge in [-0.1, -0.05) is 6.07 Å². The van der Waals surface area contributed by atoms with E-state index >= 15 is 0 Å². The molecule has 0 fully saturated rings. The van der Waals surface area contributed by atoms with Gasteiger partial charge in [0.05, 0.1) is 0 Å². The third-order valence-electron chi connectivity index (χ3n) is 2.55. The number of carbonyl (C=O) groups is 1. The van der Waals surface area contributed by atoms with E-state index in [1.165, 1.54) is 18.3 Å². The van der Waals surface area contributed by atoms with E-state index < -0.39 is 23.2 Å². The SMILES string of the molecule is Cc1ccc(Nc2nccc(C(=O)O)c2F)cc1F. The number of carboxylic acids is 1. The molecule has 0 atom stereocenters. The van der Waals surface area contributed by atoms with Gasteiger partial charge < -0.3 is 10.4 Å². The van der Waals surface area contributed by atoms with Crippen LogP contribution in [0.4, 0.5) is 20.3 Å². The average molecular weight is 264 g/mol. The van der Waals surface area contributed by atoms with E-state index in [1.807, 2.05) is 0 Å². The second kappa shape index (κ2) is 5.01. The molecule has 2 rings (SSSR count). The molecule has 0 aliphatic rings. The number of anilines is 2. The van der Waals surface area contributed by atoms with Gasteiger partial charge in [-0.15, -0.1) is 0 Å². The van der Waals surface area contributed by atoms with Gasteiger partial charge in [0, 0.05) is 11.9 Å². The highest BCUT2D eigenvalue weighted by atomic mass is 19.1. The van der Waals surface area contributed by atoms with Crippen LogP contribution < -0.4 is 5.32 Å². The second-order valence-electron chi connectivity index (χ2n) is 3.92. The molecule has 19 heavy (non-hydrogen) atoms. The van der Waals surface area contributed by atoms with Crippen LogP contribution in [0.15, 0.2) is 30.5 Å². The monoisotopic (exact) mass is 264 g/mol. The third kappa shape index (κ3) is 2.67. The van der Waals surface area contributed by atoms with Crippen molar-refractivity contribution in [1.82, 2.24) is 4.98 Å². The summed E-state index contributed by atoms with van der Waals surface area (Å²) in [7, 11) is 0. The van der Waals surface area contributed by atoms with Crippen LogP contribution in [0.2, 0.25) is 0 Å². The molecule has 0 aliphatic heterocycles. The van der Waals surface area contributed by atoms with Crippen molar-refractivity contribution in [2.75, 3.05) is 5.32 Å². The molecule has 0 unspecified atom stereocenters. The van der Waals surface area contributed by atoms with Crippen LogP contribution in [0.3, 0.4) is 0 Å². The van der Waals surface area contributed by atoms with Crippen molar-refractivity contribution >= 4 is 17.5 Å². The molecular formula is C13H10F2N2O2. The summed E-state index contributed by atoms with van der Waals surface area (Å²) in [6.07, 6.45) is 1.17. The summed E-state index contributed by atoms with van der Waals surface area (Å²) in [5.41, 5.74) is 0.250. The van der Waals surface area contributed by atoms with Gasteiger partial charge in [0.25, 0.3) is 0 Å². The summed E-state index contributed by atoms with van der Waals surface area (Å²) >= 11 is 0. The predicted molar refractivity (Wildman–Crippen MR) is 65.6 cm³/mol. The fourth-order valence-electron chi connectivity index (χ4n) is 1.50. The highest BCUT2D eigenvalue weighted by molar-refractivity contribution is 5.89. The highest BCUT2D eigenvalue weighted by Gasteiger charge is 2.15. The van der Waals surface area contributed by atoms with E-state index in [9.17, 15) is 13.6 Å². The number of aromatic nitrogens is 1. The minimum absolute atomic E-state index is 0.261. The summed E-state index contributed by atoms with van der Waals surface area (Å²) in [4.78, 5) is 14.5. The van der Waals surface area contributed by atoms with Crippen LogP contribution in [0, 0.1) is 18.6 Å². The number of carboxylic acid groups (broad SMARTS) is 1. The Balaban J connectivity index is 2.35. The summed E-state index contributed by atoms with van der Waals surface area (Å²) in [6, 6.07) is 5.31. The van der Waals surface area contributed by atoms with E-state index in [0.717, 1.165) is 6.07 Å². The van der Waals surface area contributed by atoms with Gasteiger partial charge in [0.1, 0.15) is 11.4 Å². The lowest BCUT2D eigenvalue weighted by Crippen LogP contribution is -2.05. The number of pyridine rings is 1. The van der Waals surface area contributed by atoms with E-state index in [1.54, 1.807) is 13.0 Å². The molecule has 1 aromatic carbocycles. The first-order chi connectivity index (χ1) is 8.99. The normalized spacial score (nSPS) is 10.3. The largest absolute Gasteiger partial charge is 0.478 e. The fourth-order valence-corrected chi connectivity index (χ4v) is 1.50. The molecule has 6 heteroatoms. The lowest BCUT2D eigenvalue weighted by Gasteiger charge is -2.08. The van der Waals surface area contributed by atoms with Crippen molar-refractivity contribution in [3.05, 3.63) is 53.2 Å². The van der Waals surface area contributed by atoms with E-state index in [-0.39, 0.29) is 11.5 Å². The van der Waals surface area contributed by atoms with Crippen molar-refractivity contribution < 1.29 is 18.7 Å². The number of aromatic carboxylic acids is 1. The summed E-state index contributed by atoms with van der Waals surface area (Å²) in [6.45, 7) is 1.60. The fraction of sp³-hybridized carbons (Fsp3) is 0.0769. The van der Waals surface area contributed by atoms with Crippen molar-refractivity contribution in [1.29, 1.82) is 0 Å². The van der Waals surface area contributed by atoms with Crippen LogP contribution in [-0.4, -0.2) is 16.1 Å². The number of halogens is 2. The Bertz CT molecular complexity index is 645. The number of nitrogens with one attached hydrogen (secondary N) is 1. The zero-order valence-electron chi connectivity index (χ0n) is 9.95. The van der Waals surface area contributed by atoms with Crippen molar-refractivity contribution in [2.24, 2.45) is 0 Å². The second-order valence-corrected chi connectivity index (χ2v) is 3.92. The van der Waals surface area contributed by atoms with Gasteiger partial charge in [-0.2, -0.15) is 0 Å². The molecule has 4 nitrogen and oxygen atoms in total. The van der Waals surface area contributed by atoms with Crippen LogP contribution in [0.25, 0.3) is 0 Å². The predicted octanol–water partition coefficient (Wildman–Crippen LogP) is 3.11. The zero-order valence-corrected chi connectivity index (χ0v) is 9.95. The molecule has 98 valence electrons. The molecular weight excluding hydrogens is 254 g/mol. The summed E-state index contributed by atoms with van der Waals surface area (Å²) in [5, 5.41) is 11.3. The standard InChI is InChI=1S/C13H10F2N2O2/c1-7-2-3-8(6-10(7)14)17-12-11(15)9(13(18)19)4-5-16-12/h2-6H,1H3,(H,16,17)(H,18,19). The molecule has 1 heterocycles. The maximum atomic E-state index is 13.8. The Hall–Kier alpha value is -2.50. The zero-order chi connectivity index (χ0) is 14.0. The molecule has 2 N–H and O–H groups in total. The molecule has 0 saturated carbocycles. The first kappa shape index (κ1) is 12.9. The highest BCUT2D eigenvalue weighted by Crippen LogP contribution is 2.21. The Morgan fingerprint density at radius 1 is 1.32 bits per heavy atom. The Morgan fingerprint density at radius 3 is 2.68 bits per heavy atom. The molecule has 0 radical (unpaired) electrons. The minimum atomic E-state index is -1.39. The Morgan fingerprint density at radius 2 is 2.05 bits per heavy atom. The van der Waals surface area contributed by atoms with Crippen molar-refractivity contribution in [2.45, 2.75) is 6.92 Å². The number of benzene rings is 1. The van der Waals surface area contributed by atoms with Gasteiger partial charge in [0.2, 0.25) is 0 Å². The van der Waals surface area contributed by atoms with E-state index in [4.69, 9.17) is 5.11 Å². The molecule has 0 aliphatic carbocycles. The van der Waals surface area contributed by atoms with Gasteiger partial charge >= 0.3 is 5.97 Å². The number of hydrogen-bond acceptors (Lipinski definition) is 3. The maximum Gasteiger partial charge on any atom is 0.338 e. The number of nitrogens with zero attached hydrogens (tertiary/aromatic N) is 1. The van der Waals surface area contributed by atoms with Crippen LogP contribution in [0.1, 0.15) is 15.9 Å². The van der Waals surface area contributed by atoms with Crippen molar-refractivity contribution in [3.63, 3.8) is 0 Å².